The Kier molecular flexibility index (Phi) is 5.12. The Balaban J connectivity index is 2.05. The van der Waals surface area contributed by atoms with Crippen molar-refractivity contribution in [2.45, 2.75) is 6.54 Å². The number of hydrogen-bond donors (Lipinski definition) is 4. The lowest BCUT2D eigenvalue weighted by atomic mass is 10.1. The lowest BCUT2D eigenvalue weighted by molar-refractivity contribution is 0.180. The van der Waals surface area contributed by atoms with Crippen molar-refractivity contribution in [3.05, 3.63) is 65.3 Å². The monoisotopic (exact) mass is 427 g/mol. The molecule has 3 aromatic rings. The van der Waals surface area contributed by atoms with Gasteiger partial charge in [0.15, 0.2) is 17.5 Å². The van der Waals surface area contributed by atoms with Gasteiger partial charge in [-0.25, -0.2) is 24.1 Å². The number of halogens is 1. The van der Waals surface area contributed by atoms with Crippen LogP contribution in [0.2, 0.25) is 0 Å². The molecule has 0 atom stereocenters. The van der Waals surface area contributed by atoms with E-state index in [0.29, 0.717) is 0 Å². The summed E-state index contributed by atoms with van der Waals surface area (Å²) < 4.78 is 42.7. The molecule has 1 aromatic carbocycles. The van der Waals surface area contributed by atoms with Crippen LogP contribution in [0.25, 0.3) is 0 Å². The van der Waals surface area contributed by atoms with Crippen molar-refractivity contribution >= 4 is 34.9 Å². The summed E-state index contributed by atoms with van der Waals surface area (Å²) in [5.41, 5.74) is 11.5. The number of methoxy groups -OCH3 is 1. The van der Waals surface area contributed by atoms with Crippen molar-refractivity contribution in [3.8, 4) is 0 Å². The molecule has 0 aliphatic carbocycles. The van der Waals surface area contributed by atoms with Gasteiger partial charge in [0.25, 0.3) is 0 Å². The molecule has 1 amide bonds. The fraction of sp³-hybridized carbons (Fsp3) is 0.150. The third kappa shape index (κ3) is 4.50. The summed E-state index contributed by atoms with van der Waals surface area (Å²) in [5.74, 6) is -1.36. The number of nitrogens with two attached hydrogens (primary N) is 2. The van der Waals surface area contributed by atoms with Gasteiger partial charge in [0.05, 0.1) is 11.2 Å². The number of benzene rings is 1. The first-order valence-electron chi connectivity index (χ1n) is 10.4. The van der Waals surface area contributed by atoms with Crippen molar-refractivity contribution < 1.29 is 18.0 Å². The smallest absolute Gasteiger partial charge is 0.413 e. The van der Waals surface area contributed by atoms with Crippen LogP contribution < -0.4 is 21.7 Å². The fourth-order valence-corrected chi connectivity index (χ4v) is 2.70. The molecule has 2 aromatic heterocycles. The molecule has 11 heteroatoms. The van der Waals surface area contributed by atoms with Crippen LogP contribution in [0.4, 0.5) is 32.3 Å². The normalized spacial score (nSPS) is 11.8. The van der Waals surface area contributed by atoms with E-state index in [4.69, 9.17) is 21.0 Å². The van der Waals surface area contributed by atoms with Gasteiger partial charge in [-0.1, -0.05) is 18.2 Å². The topological polar surface area (TPSA) is 156 Å². The average Bonchev–Trinajstić information content (AvgIpc) is 2.80. The lowest BCUT2D eigenvalue weighted by Gasteiger charge is -2.19. The van der Waals surface area contributed by atoms with E-state index in [1.54, 1.807) is 6.07 Å². The zero-order valence-electron chi connectivity index (χ0n) is 19.7. The maximum atomic E-state index is 14.0. The number of aromatic nitrogens is 3. The molecule has 0 spiro atoms. The van der Waals surface area contributed by atoms with E-state index in [-0.39, 0.29) is 46.6 Å². The second-order valence-electron chi connectivity index (χ2n) is 6.21. The van der Waals surface area contributed by atoms with Gasteiger partial charge < -0.3 is 21.5 Å². The number of amides is 1. The standard InChI is InChI=1S/C20H21FN8O2/c1-29(20(30)31-2)15-16(23)27-19(28-17(15)24)14(22)12-7-5-9-25-18(12)26-10-11-6-3-4-8-13(11)21/h3-9,22H,10H2,1-2H3,(H,25,26)(H4,23,24,27,28)/i5D,7D,9D. The SMILES string of the molecule is [2H]c1nc(NCc2ccccc2F)c(C(=N)c2nc(N)c(N(C)C(=O)OC)c(N)n2)c([2H])c1[2H]. The molecule has 0 aliphatic heterocycles. The number of rotatable bonds is 6. The van der Waals surface area contributed by atoms with Crippen LogP contribution in [0.5, 0.6) is 0 Å². The predicted octanol–water partition coefficient (Wildman–Crippen LogP) is 2.41. The first-order valence-corrected chi connectivity index (χ1v) is 8.85. The highest BCUT2D eigenvalue weighted by molar-refractivity contribution is 6.12. The molecular weight excluding hydrogens is 403 g/mol. The molecule has 0 aliphatic rings. The van der Waals surface area contributed by atoms with Crippen LogP contribution in [0.15, 0.2) is 42.5 Å². The summed E-state index contributed by atoms with van der Waals surface area (Å²) in [4.78, 5) is 24.8. The highest BCUT2D eigenvalue weighted by Crippen LogP contribution is 2.28. The molecule has 0 unspecified atom stereocenters. The average molecular weight is 427 g/mol. The minimum atomic E-state index is -0.771. The minimum absolute atomic E-state index is 0.0341. The van der Waals surface area contributed by atoms with E-state index < -0.39 is 35.9 Å². The molecule has 160 valence electrons. The number of hydrogen-bond acceptors (Lipinski definition) is 9. The van der Waals surface area contributed by atoms with Gasteiger partial charge >= 0.3 is 6.09 Å². The molecule has 0 saturated carbocycles. The van der Waals surface area contributed by atoms with E-state index in [1.165, 1.54) is 32.4 Å². The number of nitrogens with zero attached hydrogens (tertiary/aromatic N) is 4. The van der Waals surface area contributed by atoms with Crippen molar-refractivity contribution in [2.75, 3.05) is 35.8 Å². The first kappa shape index (κ1) is 17.6. The Hall–Kier alpha value is -4.28. The number of pyridine rings is 1. The van der Waals surface area contributed by atoms with Gasteiger partial charge in [-0.15, -0.1) is 0 Å². The quantitative estimate of drug-likeness (QED) is 0.437. The predicted molar refractivity (Wildman–Crippen MR) is 116 cm³/mol. The highest BCUT2D eigenvalue weighted by atomic mass is 19.1. The van der Waals surface area contributed by atoms with Crippen LogP contribution in [-0.4, -0.2) is 40.9 Å². The lowest BCUT2D eigenvalue weighted by Crippen LogP contribution is -2.29. The third-order valence-corrected chi connectivity index (χ3v) is 4.25. The summed E-state index contributed by atoms with van der Waals surface area (Å²) in [6.45, 7) is -0.0653. The molecule has 2 heterocycles. The molecule has 0 radical (unpaired) electrons. The molecule has 31 heavy (non-hydrogen) atoms. The molecule has 3 rings (SSSR count). The Morgan fingerprint density at radius 1 is 1.32 bits per heavy atom. The van der Waals surface area contributed by atoms with Crippen LogP contribution in [0, 0.1) is 11.2 Å². The summed E-state index contributed by atoms with van der Waals surface area (Å²) >= 11 is 0. The van der Waals surface area contributed by atoms with E-state index in [0.717, 1.165) is 4.90 Å². The van der Waals surface area contributed by atoms with Gasteiger partial charge in [-0.3, -0.25) is 10.3 Å². The minimum Gasteiger partial charge on any atom is -0.452 e. The molecule has 0 saturated heterocycles. The largest absolute Gasteiger partial charge is 0.452 e. The van der Waals surface area contributed by atoms with Gasteiger partial charge in [0, 0.05) is 30.9 Å². The van der Waals surface area contributed by atoms with E-state index in [2.05, 4.69) is 25.0 Å². The Morgan fingerprint density at radius 3 is 2.65 bits per heavy atom. The molecule has 0 bridgehead atoms. The first-order chi connectivity index (χ1) is 16.1. The molecule has 10 nitrogen and oxygen atoms in total. The number of carbonyl (C=O) groups excluding carboxylic acids is 1. The van der Waals surface area contributed by atoms with Crippen molar-refractivity contribution in [3.63, 3.8) is 0 Å². The number of anilines is 4. The number of nitrogen functional groups attached to an aromatic ring is 2. The maximum absolute atomic E-state index is 14.0. The van der Waals surface area contributed by atoms with Gasteiger partial charge in [-0.2, -0.15) is 0 Å². The van der Waals surface area contributed by atoms with E-state index in [9.17, 15) is 9.18 Å². The second-order valence-corrected chi connectivity index (χ2v) is 6.21. The maximum Gasteiger partial charge on any atom is 0.413 e. The zero-order valence-corrected chi connectivity index (χ0v) is 16.7. The highest BCUT2D eigenvalue weighted by Gasteiger charge is 2.22. The summed E-state index contributed by atoms with van der Waals surface area (Å²) in [7, 11) is 2.52. The number of nitrogens with one attached hydrogen (secondary N) is 2. The number of ether oxygens (including phenoxy) is 1. The van der Waals surface area contributed by atoms with E-state index in [1.807, 2.05) is 0 Å². The van der Waals surface area contributed by atoms with Gasteiger partial charge in [0.1, 0.15) is 23.0 Å². The van der Waals surface area contributed by atoms with Crippen LogP contribution in [0.1, 0.15) is 21.1 Å². The molecule has 6 N–H and O–H groups in total. The van der Waals surface area contributed by atoms with Crippen molar-refractivity contribution in [2.24, 2.45) is 0 Å². The van der Waals surface area contributed by atoms with Crippen molar-refractivity contribution in [1.29, 1.82) is 5.41 Å². The summed E-state index contributed by atoms with van der Waals surface area (Å²) in [5, 5.41) is 11.4. The third-order valence-electron chi connectivity index (χ3n) is 4.25. The second kappa shape index (κ2) is 9.03. The van der Waals surface area contributed by atoms with Gasteiger partial charge in [0.2, 0.25) is 0 Å². The molecular formula is C20H21FN8O2. The fourth-order valence-electron chi connectivity index (χ4n) is 2.70. The Labute approximate surface area is 181 Å². The Morgan fingerprint density at radius 2 is 2.00 bits per heavy atom. The Bertz CT molecular complexity index is 1270. The van der Waals surface area contributed by atoms with Crippen LogP contribution in [0.3, 0.4) is 0 Å². The van der Waals surface area contributed by atoms with Gasteiger partial charge in [-0.05, 0) is 18.2 Å². The van der Waals surface area contributed by atoms with Crippen molar-refractivity contribution in [1.82, 2.24) is 15.0 Å². The summed E-state index contributed by atoms with van der Waals surface area (Å²) in [6.07, 6.45) is -1.28. The van der Waals surface area contributed by atoms with E-state index >= 15 is 0 Å². The zero-order chi connectivity index (χ0) is 25.2. The molecule has 0 fully saturated rings. The van der Waals surface area contributed by atoms with Crippen LogP contribution in [-0.2, 0) is 11.3 Å². The van der Waals surface area contributed by atoms with Crippen LogP contribution >= 0.6 is 0 Å². The number of carbonyl (C=O) groups is 1. The summed E-state index contributed by atoms with van der Waals surface area (Å²) in [6, 6.07) is 4.97.